The van der Waals surface area contributed by atoms with E-state index in [0.29, 0.717) is 18.1 Å². The lowest BCUT2D eigenvalue weighted by Crippen LogP contribution is -2.29. The van der Waals surface area contributed by atoms with Gasteiger partial charge < -0.3 is 27.8 Å². The van der Waals surface area contributed by atoms with Crippen molar-refractivity contribution in [1.82, 2.24) is 10.6 Å². The van der Waals surface area contributed by atoms with Crippen LogP contribution in [0.3, 0.4) is 0 Å². The van der Waals surface area contributed by atoms with Gasteiger partial charge in [-0.2, -0.15) is 0 Å². The topological polar surface area (TPSA) is 102 Å². The maximum absolute atomic E-state index is 5.66. The van der Waals surface area contributed by atoms with Crippen LogP contribution in [0, 0.1) is 0 Å². The van der Waals surface area contributed by atoms with Crippen molar-refractivity contribution in [3.8, 4) is 0 Å². The summed E-state index contributed by atoms with van der Waals surface area (Å²) in [6, 6.07) is 0. The third-order valence-electron chi connectivity index (χ3n) is 1.36. The minimum absolute atomic E-state index is 0.287. The van der Waals surface area contributed by atoms with E-state index in [0.717, 1.165) is 0 Å². The molecule has 0 aromatic carbocycles. The summed E-state index contributed by atoms with van der Waals surface area (Å²) in [6.45, 7) is 7.66. The number of hydrogen-bond acceptors (Lipinski definition) is 5. The molecule has 0 radical (unpaired) electrons. The van der Waals surface area contributed by atoms with Gasteiger partial charge in [0, 0.05) is 18.9 Å². The summed E-state index contributed by atoms with van der Waals surface area (Å²) >= 11 is 0. The Kier molecular flexibility index (Phi) is 5.53. The van der Waals surface area contributed by atoms with E-state index in [1.54, 1.807) is 6.08 Å². The minimum Gasteiger partial charge on any atom is -0.403 e. The quantitative estimate of drug-likeness (QED) is 0.287. The second kappa shape index (κ2) is 6.47. The van der Waals surface area contributed by atoms with Crippen LogP contribution in [0.2, 0.25) is 0 Å². The van der Waals surface area contributed by atoms with Crippen molar-refractivity contribution in [2.75, 3.05) is 6.54 Å². The Morgan fingerprint density at radius 3 is 2.43 bits per heavy atom. The van der Waals surface area contributed by atoms with E-state index in [1.165, 1.54) is 12.4 Å². The van der Waals surface area contributed by atoms with Crippen LogP contribution in [0.4, 0.5) is 0 Å². The fourth-order valence-electron chi connectivity index (χ4n) is 0.690. The predicted octanol–water partition coefficient (Wildman–Crippen LogP) is -0.618. The molecule has 5 nitrogen and oxygen atoms in total. The molecule has 14 heavy (non-hydrogen) atoms. The van der Waals surface area contributed by atoms with Crippen LogP contribution in [0.25, 0.3) is 0 Å². The summed E-state index contributed by atoms with van der Waals surface area (Å²) < 4.78 is 0. The Bertz CT molecular complexity index is 264. The number of nitrogens with one attached hydrogen (secondary N) is 2. The largest absolute Gasteiger partial charge is 0.403 e. The molecule has 0 unspecified atom stereocenters. The van der Waals surface area contributed by atoms with E-state index in [-0.39, 0.29) is 5.70 Å². The van der Waals surface area contributed by atoms with E-state index in [9.17, 15) is 0 Å². The van der Waals surface area contributed by atoms with E-state index in [2.05, 4.69) is 23.8 Å². The van der Waals surface area contributed by atoms with Gasteiger partial charge in [0.25, 0.3) is 0 Å². The lowest BCUT2D eigenvalue weighted by Gasteiger charge is -2.12. The Morgan fingerprint density at radius 2 is 2.00 bits per heavy atom. The van der Waals surface area contributed by atoms with E-state index < -0.39 is 0 Å². The highest BCUT2D eigenvalue weighted by molar-refractivity contribution is 5.27. The van der Waals surface area contributed by atoms with Gasteiger partial charge in [-0.3, -0.25) is 0 Å². The molecule has 0 aromatic heterocycles. The molecule has 0 spiro atoms. The molecule has 0 saturated heterocycles. The summed E-state index contributed by atoms with van der Waals surface area (Å²) in [7, 11) is 0. The summed E-state index contributed by atoms with van der Waals surface area (Å²) in [6.07, 6.45) is 4.57. The SMILES string of the molecule is C=CCN/C(N/C=C\N)=C(\N)C(=C)N. The third kappa shape index (κ3) is 4.10. The summed E-state index contributed by atoms with van der Waals surface area (Å²) in [5, 5.41) is 5.80. The monoisotopic (exact) mass is 195 g/mol. The van der Waals surface area contributed by atoms with Crippen molar-refractivity contribution in [3.63, 3.8) is 0 Å². The van der Waals surface area contributed by atoms with Crippen molar-refractivity contribution < 1.29 is 0 Å². The zero-order chi connectivity index (χ0) is 11.0. The zero-order valence-corrected chi connectivity index (χ0v) is 8.09. The highest BCUT2D eigenvalue weighted by Crippen LogP contribution is 1.96. The second-order valence-electron chi connectivity index (χ2n) is 2.49. The molecule has 0 bridgehead atoms. The smallest absolute Gasteiger partial charge is 0.129 e. The van der Waals surface area contributed by atoms with Crippen molar-refractivity contribution in [1.29, 1.82) is 0 Å². The van der Waals surface area contributed by atoms with Gasteiger partial charge in [-0.05, 0) is 0 Å². The maximum atomic E-state index is 5.66. The van der Waals surface area contributed by atoms with Crippen molar-refractivity contribution in [3.05, 3.63) is 48.8 Å². The highest BCUT2D eigenvalue weighted by atomic mass is 15.1. The van der Waals surface area contributed by atoms with Gasteiger partial charge in [-0.15, -0.1) is 6.58 Å². The zero-order valence-electron chi connectivity index (χ0n) is 8.09. The summed E-state index contributed by atoms with van der Waals surface area (Å²) in [4.78, 5) is 0. The Hall–Kier alpha value is -2.04. The number of hydrogen-bond donors (Lipinski definition) is 5. The fraction of sp³-hybridized carbons (Fsp3) is 0.111. The highest BCUT2D eigenvalue weighted by Gasteiger charge is 2.01. The van der Waals surface area contributed by atoms with Crippen LogP contribution < -0.4 is 27.8 Å². The lowest BCUT2D eigenvalue weighted by atomic mass is 10.3. The lowest BCUT2D eigenvalue weighted by molar-refractivity contribution is 0.796. The molecular weight excluding hydrogens is 178 g/mol. The van der Waals surface area contributed by atoms with Gasteiger partial charge in [0.15, 0.2) is 0 Å². The van der Waals surface area contributed by atoms with E-state index >= 15 is 0 Å². The van der Waals surface area contributed by atoms with Gasteiger partial charge in [0.2, 0.25) is 0 Å². The molecule has 0 amide bonds. The Balaban J connectivity index is 4.59. The third-order valence-corrected chi connectivity index (χ3v) is 1.36. The molecule has 0 aliphatic heterocycles. The maximum Gasteiger partial charge on any atom is 0.129 e. The first-order valence-corrected chi connectivity index (χ1v) is 4.06. The van der Waals surface area contributed by atoms with Gasteiger partial charge >= 0.3 is 0 Å². The number of nitrogens with two attached hydrogens (primary N) is 3. The van der Waals surface area contributed by atoms with Crippen LogP contribution >= 0.6 is 0 Å². The Labute approximate surface area is 84.0 Å². The average molecular weight is 195 g/mol. The predicted molar refractivity (Wildman–Crippen MR) is 59.2 cm³/mol. The molecule has 0 aliphatic carbocycles. The molecular formula is C9H17N5. The first kappa shape index (κ1) is 12.0. The standard InChI is InChI=1S/C9H17N5/c1-3-5-13-9(14-6-4-10)8(12)7(2)11/h3-4,6,13-14H,1-2,5,10-12H2/b6-4-,9-8+. The molecule has 0 aromatic rings. The molecule has 5 heteroatoms. The fourth-order valence-corrected chi connectivity index (χ4v) is 0.690. The molecule has 0 rings (SSSR count). The Morgan fingerprint density at radius 1 is 1.36 bits per heavy atom. The minimum atomic E-state index is 0.287. The van der Waals surface area contributed by atoms with Crippen LogP contribution in [0.1, 0.15) is 0 Å². The molecule has 0 atom stereocenters. The number of rotatable bonds is 6. The first-order chi connectivity index (χ1) is 6.63. The molecule has 0 heterocycles. The van der Waals surface area contributed by atoms with Crippen molar-refractivity contribution in [2.24, 2.45) is 17.2 Å². The first-order valence-electron chi connectivity index (χ1n) is 4.06. The molecule has 0 saturated carbocycles. The second-order valence-corrected chi connectivity index (χ2v) is 2.49. The van der Waals surface area contributed by atoms with Crippen LogP contribution in [-0.4, -0.2) is 6.54 Å². The molecule has 0 fully saturated rings. The normalized spacial score (nSPS) is 12.0. The van der Waals surface area contributed by atoms with Crippen LogP contribution in [-0.2, 0) is 0 Å². The summed E-state index contributed by atoms with van der Waals surface area (Å²) in [5.41, 5.74) is 16.9. The van der Waals surface area contributed by atoms with Gasteiger partial charge in [0.1, 0.15) is 5.82 Å². The summed E-state index contributed by atoms with van der Waals surface area (Å²) in [5.74, 6) is 0.555. The van der Waals surface area contributed by atoms with Crippen molar-refractivity contribution in [2.45, 2.75) is 0 Å². The van der Waals surface area contributed by atoms with Gasteiger partial charge in [-0.1, -0.05) is 12.7 Å². The van der Waals surface area contributed by atoms with Crippen LogP contribution in [0.5, 0.6) is 0 Å². The van der Waals surface area contributed by atoms with Gasteiger partial charge in [-0.25, -0.2) is 0 Å². The molecule has 78 valence electrons. The van der Waals surface area contributed by atoms with Gasteiger partial charge in [0.05, 0.1) is 11.4 Å². The van der Waals surface area contributed by atoms with E-state index in [1.807, 2.05) is 0 Å². The molecule has 0 aliphatic rings. The average Bonchev–Trinajstić information content (AvgIpc) is 2.17. The van der Waals surface area contributed by atoms with Crippen LogP contribution in [0.15, 0.2) is 48.8 Å². The molecule has 8 N–H and O–H groups in total. The van der Waals surface area contributed by atoms with Crippen molar-refractivity contribution >= 4 is 0 Å². The van der Waals surface area contributed by atoms with E-state index in [4.69, 9.17) is 17.2 Å².